The van der Waals surface area contributed by atoms with Crippen molar-refractivity contribution in [1.29, 1.82) is 0 Å². The first-order valence-corrected chi connectivity index (χ1v) is 7.18. The standard InChI is InChI=1S/C16H27NO4/c1-12(2)21-9-8-17(3)11-14(18)13-6-7-15(19-4)16(10-13)20-5/h6-7,10,12,14,18H,8-9,11H2,1-5H3. The second-order valence-electron chi connectivity index (χ2n) is 5.31. The van der Waals surface area contributed by atoms with Gasteiger partial charge >= 0.3 is 0 Å². The second kappa shape index (κ2) is 8.87. The number of methoxy groups -OCH3 is 2. The summed E-state index contributed by atoms with van der Waals surface area (Å²) in [6.45, 7) is 6.00. The molecule has 5 nitrogen and oxygen atoms in total. The normalized spacial score (nSPS) is 12.8. The lowest BCUT2D eigenvalue weighted by Crippen LogP contribution is -2.28. The van der Waals surface area contributed by atoms with Crippen LogP contribution < -0.4 is 9.47 Å². The Morgan fingerprint density at radius 1 is 1.14 bits per heavy atom. The first kappa shape index (κ1) is 17.8. The van der Waals surface area contributed by atoms with E-state index in [1.807, 2.05) is 37.9 Å². The number of hydrogen-bond donors (Lipinski definition) is 1. The smallest absolute Gasteiger partial charge is 0.161 e. The molecule has 0 fully saturated rings. The highest BCUT2D eigenvalue weighted by Gasteiger charge is 2.13. The molecule has 0 aliphatic carbocycles. The van der Waals surface area contributed by atoms with Gasteiger partial charge in [-0.3, -0.25) is 0 Å². The van der Waals surface area contributed by atoms with E-state index in [0.717, 1.165) is 12.1 Å². The fourth-order valence-corrected chi connectivity index (χ4v) is 2.00. The van der Waals surface area contributed by atoms with Gasteiger partial charge in [-0.15, -0.1) is 0 Å². The number of ether oxygens (including phenoxy) is 3. The van der Waals surface area contributed by atoms with Crippen LogP contribution >= 0.6 is 0 Å². The van der Waals surface area contributed by atoms with Crippen LogP contribution in [-0.2, 0) is 4.74 Å². The maximum atomic E-state index is 10.3. The minimum absolute atomic E-state index is 0.231. The van der Waals surface area contributed by atoms with Gasteiger partial charge in [-0.25, -0.2) is 0 Å². The fourth-order valence-electron chi connectivity index (χ4n) is 2.00. The molecule has 1 aromatic carbocycles. The van der Waals surface area contributed by atoms with Crippen LogP contribution in [0.4, 0.5) is 0 Å². The predicted octanol–water partition coefficient (Wildman–Crippen LogP) is 2.09. The van der Waals surface area contributed by atoms with E-state index in [1.165, 1.54) is 0 Å². The Labute approximate surface area is 127 Å². The molecule has 0 bridgehead atoms. The summed E-state index contributed by atoms with van der Waals surface area (Å²) in [6, 6.07) is 5.46. The molecule has 1 rings (SSSR count). The number of nitrogens with zero attached hydrogens (tertiary/aromatic N) is 1. The van der Waals surface area contributed by atoms with Crippen LogP contribution in [0, 0.1) is 0 Å². The highest BCUT2D eigenvalue weighted by molar-refractivity contribution is 5.43. The van der Waals surface area contributed by atoms with Crippen molar-refractivity contribution in [2.75, 3.05) is 41.0 Å². The van der Waals surface area contributed by atoms with Gasteiger partial charge in [0.05, 0.1) is 33.0 Å². The molecule has 1 N–H and O–H groups in total. The highest BCUT2D eigenvalue weighted by atomic mass is 16.5. The Morgan fingerprint density at radius 2 is 1.81 bits per heavy atom. The van der Waals surface area contributed by atoms with Crippen molar-refractivity contribution in [3.63, 3.8) is 0 Å². The summed E-state index contributed by atoms with van der Waals surface area (Å²) in [7, 11) is 5.15. The number of rotatable bonds is 9. The molecule has 0 amide bonds. The van der Waals surface area contributed by atoms with Crippen molar-refractivity contribution in [3.8, 4) is 11.5 Å². The van der Waals surface area contributed by atoms with Gasteiger partial charge < -0.3 is 24.2 Å². The third kappa shape index (κ3) is 5.91. The number of aliphatic hydroxyl groups excluding tert-OH is 1. The van der Waals surface area contributed by atoms with Crippen molar-refractivity contribution in [2.24, 2.45) is 0 Å². The van der Waals surface area contributed by atoms with Crippen LogP contribution in [0.1, 0.15) is 25.5 Å². The summed E-state index contributed by atoms with van der Waals surface area (Å²) in [4.78, 5) is 2.05. The topological polar surface area (TPSA) is 51.2 Å². The van der Waals surface area contributed by atoms with E-state index in [2.05, 4.69) is 0 Å². The fraction of sp³-hybridized carbons (Fsp3) is 0.625. The van der Waals surface area contributed by atoms with E-state index in [9.17, 15) is 5.11 Å². The first-order chi connectivity index (χ1) is 9.97. The summed E-state index contributed by atoms with van der Waals surface area (Å²) in [5, 5.41) is 10.3. The van der Waals surface area contributed by atoms with Crippen LogP contribution in [0.2, 0.25) is 0 Å². The Balaban J connectivity index is 2.56. The van der Waals surface area contributed by atoms with E-state index in [4.69, 9.17) is 14.2 Å². The Hall–Kier alpha value is -1.30. The third-order valence-electron chi connectivity index (χ3n) is 3.20. The Bertz CT molecular complexity index is 423. The quantitative estimate of drug-likeness (QED) is 0.756. The Morgan fingerprint density at radius 3 is 2.38 bits per heavy atom. The van der Waals surface area contributed by atoms with E-state index >= 15 is 0 Å². The molecule has 0 saturated heterocycles. The molecule has 5 heteroatoms. The SMILES string of the molecule is COc1ccc(C(O)CN(C)CCOC(C)C)cc1OC. The van der Waals surface area contributed by atoms with Gasteiger partial charge in [0.2, 0.25) is 0 Å². The average Bonchev–Trinajstić information content (AvgIpc) is 2.45. The summed E-state index contributed by atoms with van der Waals surface area (Å²) in [5.41, 5.74) is 0.810. The first-order valence-electron chi connectivity index (χ1n) is 7.18. The predicted molar refractivity (Wildman–Crippen MR) is 83.1 cm³/mol. The zero-order chi connectivity index (χ0) is 15.8. The van der Waals surface area contributed by atoms with Gasteiger partial charge in [-0.05, 0) is 38.6 Å². The molecule has 0 aromatic heterocycles. The molecule has 1 unspecified atom stereocenters. The molecule has 0 aliphatic heterocycles. The molecule has 0 saturated carbocycles. The summed E-state index contributed by atoms with van der Waals surface area (Å²) < 4.78 is 16.0. The van der Waals surface area contributed by atoms with Crippen LogP contribution in [0.15, 0.2) is 18.2 Å². The molecule has 0 spiro atoms. The minimum atomic E-state index is -0.575. The monoisotopic (exact) mass is 297 g/mol. The van der Waals surface area contributed by atoms with Gasteiger partial charge in [-0.1, -0.05) is 6.07 Å². The zero-order valence-electron chi connectivity index (χ0n) is 13.6. The third-order valence-corrected chi connectivity index (χ3v) is 3.20. The number of aliphatic hydroxyl groups is 1. The van der Waals surface area contributed by atoms with Gasteiger partial charge in [0, 0.05) is 13.1 Å². The van der Waals surface area contributed by atoms with Crippen LogP contribution in [0.3, 0.4) is 0 Å². The van der Waals surface area contributed by atoms with Crippen molar-refractivity contribution in [2.45, 2.75) is 26.1 Å². The number of benzene rings is 1. The van der Waals surface area contributed by atoms with Gasteiger partial charge in [0.25, 0.3) is 0 Å². The van der Waals surface area contributed by atoms with E-state index < -0.39 is 6.10 Å². The van der Waals surface area contributed by atoms with Gasteiger partial charge in [-0.2, -0.15) is 0 Å². The summed E-state index contributed by atoms with van der Waals surface area (Å²) in [6.07, 6.45) is -0.344. The lowest BCUT2D eigenvalue weighted by Gasteiger charge is -2.22. The number of likely N-dealkylation sites (N-methyl/N-ethyl adjacent to an activating group) is 1. The van der Waals surface area contributed by atoms with Crippen LogP contribution in [0.5, 0.6) is 11.5 Å². The molecule has 0 aliphatic rings. The lowest BCUT2D eigenvalue weighted by molar-refractivity contribution is 0.0518. The minimum Gasteiger partial charge on any atom is -0.493 e. The number of hydrogen-bond acceptors (Lipinski definition) is 5. The molecule has 0 heterocycles. The lowest BCUT2D eigenvalue weighted by atomic mass is 10.1. The van der Waals surface area contributed by atoms with Gasteiger partial charge in [0.1, 0.15) is 0 Å². The highest BCUT2D eigenvalue weighted by Crippen LogP contribution is 2.30. The maximum Gasteiger partial charge on any atom is 0.161 e. The summed E-state index contributed by atoms with van der Waals surface area (Å²) >= 11 is 0. The molecule has 1 aromatic rings. The van der Waals surface area contributed by atoms with E-state index in [0.29, 0.717) is 24.7 Å². The zero-order valence-corrected chi connectivity index (χ0v) is 13.6. The van der Waals surface area contributed by atoms with E-state index in [-0.39, 0.29) is 6.10 Å². The molecule has 120 valence electrons. The van der Waals surface area contributed by atoms with Crippen molar-refractivity contribution < 1.29 is 19.3 Å². The molecule has 21 heavy (non-hydrogen) atoms. The van der Waals surface area contributed by atoms with Crippen molar-refractivity contribution in [1.82, 2.24) is 4.90 Å². The molecule has 1 atom stereocenters. The molecule has 0 radical (unpaired) electrons. The van der Waals surface area contributed by atoms with Crippen molar-refractivity contribution >= 4 is 0 Å². The second-order valence-corrected chi connectivity index (χ2v) is 5.31. The Kier molecular flexibility index (Phi) is 7.50. The average molecular weight is 297 g/mol. The molecular formula is C16H27NO4. The van der Waals surface area contributed by atoms with E-state index in [1.54, 1.807) is 20.3 Å². The summed E-state index contributed by atoms with van der Waals surface area (Å²) in [5.74, 6) is 1.28. The van der Waals surface area contributed by atoms with Gasteiger partial charge in [0.15, 0.2) is 11.5 Å². The van der Waals surface area contributed by atoms with Crippen LogP contribution in [-0.4, -0.2) is 57.1 Å². The molecular weight excluding hydrogens is 270 g/mol. The van der Waals surface area contributed by atoms with Crippen LogP contribution in [0.25, 0.3) is 0 Å². The largest absolute Gasteiger partial charge is 0.493 e. The maximum absolute atomic E-state index is 10.3. The van der Waals surface area contributed by atoms with Crippen molar-refractivity contribution in [3.05, 3.63) is 23.8 Å².